The fraction of sp³-hybridized carbons (Fsp3) is 0.467. The maximum atomic E-state index is 12.1. The van der Waals surface area contributed by atoms with E-state index in [1.165, 1.54) is 0 Å². The average Bonchev–Trinajstić information content (AvgIpc) is 2.92. The third-order valence-corrected chi connectivity index (χ3v) is 3.64. The second-order valence-corrected chi connectivity index (χ2v) is 5.19. The molecule has 1 fully saturated rings. The number of carbonyl (C=O) groups excluding carboxylic acids is 1. The highest BCUT2D eigenvalue weighted by atomic mass is 35.5. The molecule has 0 bridgehead atoms. The van der Waals surface area contributed by atoms with Crippen LogP contribution >= 0.6 is 11.6 Å². The number of rotatable bonds is 5. The lowest BCUT2D eigenvalue weighted by Crippen LogP contribution is -2.14. The van der Waals surface area contributed by atoms with Crippen molar-refractivity contribution in [2.45, 2.75) is 37.7 Å². The van der Waals surface area contributed by atoms with Crippen molar-refractivity contribution in [3.63, 3.8) is 0 Å². The summed E-state index contributed by atoms with van der Waals surface area (Å²) < 4.78 is 5.49. The molecule has 3 nitrogen and oxygen atoms in total. The van der Waals surface area contributed by atoms with Gasteiger partial charge in [0.25, 0.3) is 0 Å². The molecule has 0 saturated carbocycles. The van der Waals surface area contributed by atoms with Crippen molar-refractivity contribution in [2.24, 2.45) is 0 Å². The van der Waals surface area contributed by atoms with Crippen molar-refractivity contribution in [3.8, 4) is 6.07 Å². The van der Waals surface area contributed by atoms with Gasteiger partial charge in [-0.15, -0.1) is 0 Å². The summed E-state index contributed by atoms with van der Waals surface area (Å²) in [5, 5.41) is 9.78. The van der Waals surface area contributed by atoms with Crippen molar-refractivity contribution < 1.29 is 9.53 Å². The molecule has 2 rings (SSSR count). The van der Waals surface area contributed by atoms with E-state index in [-0.39, 0.29) is 11.9 Å². The highest BCUT2D eigenvalue weighted by Gasteiger charge is 2.22. The van der Waals surface area contributed by atoms with Crippen LogP contribution in [0.4, 0.5) is 0 Å². The third-order valence-electron chi connectivity index (χ3n) is 3.39. The summed E-state index contributed by atoms with van der Waals surface area (Å²) in [6.07, 6.45) is 3.38. The average molecular weight is 278 g/mol. The van der Waals surface area contributed by atoms with Crippen LogP contribution in [0.5, 0.6) is 0 Å². The Hall–Kier alpha value is -1.37. The first-order valence-electron chi connectivity index (χ1n) is 6.50. The smallest absolute Gasteiger partial charge is 0.154 e. The Morgan fingerprint density at radius 2 is 2.21 bits per heavy atom. The van der Waals surface area contributed by atoms with Gasteiger partial charge >= 0.3 is 0 Å². The van der Waals surface area contributed by atoms with Gasteiger partial charge in [0, 0.05) is 18.1 Å². The van der Waals surface area contributed by atoms with E-state index in [2.05, 4.69) is 6.07 Å². The maximum absolute atomic E-state index is 12.1. The SMILES string of the molecule is N#CC(C(=O)CCC1CCCO1)c1ccc(Cl)cc1. The number of halogens is 1. The van der Waals surface area contributed by atoms with Gasteiger partial charge in [-0.3, -0.25) is 4.79 Å². The molecule has 0 amide bonds. The number of ether oxygens (including phenoxy) is 1. The minimum absolute atomic E-state index is 0.0414. The lowest BCUT2D eigenvalue weighted by atomic mass is 9.92. The molecule has 19 heavy (non-hydrogen) atoms. The van der Waals surface area contributed by atoms with E-state index in [4.69, 9.17) is 16.3 Å². The van der Waals surface area contributed by atoms with Gasteiger partial charge in [-0.25, -0.2) is 0 Å². The summed E-state index contributed by atoms with van der Waals surface area (Å²) in [5.74, 6) is -0.737. The predicted molar refractivity (Wildman–Crippen MR) is 73.0 cm³/mol. The van der Waals surface area contributed by atoms with Gasteiger partial charge in [0.2, 0.25) is 0 Å². The van der Waals surface area contributed by atoms with E-state index in [0.29, 0.717) is 23.4 Å². The first kappa shape index (κ1) is 14.0. The van der Waals surface area contributed by atoms with Gasteiger partial charge in [-0.05, 0) is 37.0 Å². The fourth-order valence-electron chi connectivity index (χ4n) is 2.31. The van der Waals surface area contributed by atoms with Crippen LogP contribution in [0.15, 0.2) is 24.3 Å². The van der Waals surface area contributed by atoms with E-state index in [1.807, 2.05) is 0 Å². The van der Waals surface area contributed by atoms with Gasteiger partial charge in [-0.2, -0.15) is 5.26 Å². The molecule has 1 heterocycles. The monoisotopic (exact) mass is 277 g/mol. The summed E-state index contributed by atoms with van der Waals surface area (Å²) in [4.78, 5) is 12.1. The van der Waals surface area contributed by atoms with Crippen LogP contribution in [-0.4, -0.2) is 18.5 Å². The molecule has 0 aromatic heterocycles. The Labute approximate surface area is 118 Å². The molecular weight excluding hydrogens is 262 g/mol. The molecule has 1 aliphatic heterocycles. The third kappa shape index (κ3) is 3.79. The number of hydrogen-bond donors (Lipinski definition) is 0. The van der Waals surface area contributed by atoms with Crippen LogP contribution in [0.1, 0.15) is 37.2 Å². The Morgan fingerprint density at radius 3 is 2.79 bits per heavy atom. The number of ketones is 1. The van der Waals surface area contributed by atoms with Crippen LogP contribution in [0.2, 0.25) is 5.02 Å². The Bertz CT molecular complexity index is 472. The first-order chi connectivity index (χ1) is 9.20. The molecule has 4 heteroatoms. The largest absolute Gasteiger partial charge is 0.378 e. The number of nitrogens with zero attached hydrogens (tertiary/aromatic N) is 1. The van der Waals surface area contributed by atoms with Crippen molar-refractivity contribution in [1.82, 2.24) is 0 Å². The standard InChI is InChI=1S/C15H16ClNO2/c16-12-5-3-11(4-6-12)14(10-17)15(18)8-7-13-2-1-9-19-13/h3-6,13-14H,1-2,7-9H2. The van der Waals surface area contributed by atoms with Crippen LogP contribution in [-0.2, 0) is 9.53 Å². The second-order valence-electron chi connectivity index (χ2n) is 4.75. The number of Topliss-reactive ketones (excluding diaryl/α,β-unsaturated/α-hetero) is 1. The fourth-order valence-corrected chi connectivity index (χ4v) is 2.43. The van der Waals surface area contributed by atoms with Gasteiger partial charge in [0.05, 0.1) is 12.2 Å². The molecule has 2 unspecified atom stereocenters. The molecule has 1 saturated heterocycles. The molecule has 1 aromatic carbocycles. The van der Waals surface area contributed by atoms with Crippen molar-refractivity contribution in [2.75, 3.05) is 6.61 Å². The second kappa shape index (κ2) is 6.70. The topological polar surface area (TPSA) is 50.1 Å². The van der Waals surface area contributed by atoms with Crippen molar-refractivity contribution in [3.05, 3.63) is 34.9 Å². The lowest BCUT2D eigenvalue weighted by Gasteiger charge is -2.11. The van der Waals surface area contributed by atoms with Gasteiger partial charge < -0.3 is 4.74 Å². The van der Waals surface area contributed by atoms with Crippen LogP contribution in [0.25, 0.3) is 0 Å². The summed E-state index contributed by atoms with van der Waals surface area (Å²) in [7, 11) is 0. The van der Waals surface area contributed by atoms with E-state index in [9.17, 15) is 10.1 Å². The number of benzene rings is 1. The summed E-state index contributed by atoms with van der Waals surface area (Å²) in [6.45, 7) is 0.789. The number of nitriles is 1. The van der Waals surface area contributed by atoms with Gasteiger partial charge in [0.1, 0.15) is 5.92 Å². The number of carbonyl (C=O) groups is 1. The minimum atomic E-state index is -0.696. The van der Waals surface area contributed by atoms with Crippen LogP contribution in [0, 0.1) is 11.3 Å². The molecule has 1 aliphatic rings. The van der Waals surface area contributed by atoms with E-state index in [1.54, 1.807) is 24.3 Å². The zero-order valence-corrected chi connectivity index (χ0v) is 11.4. The predicted octanol–water partition coefficient (Wildman–Crippen LogP) is 3.48. The van der Waals surface area contributed by atoms with Gasteiger partial charge in [0.15, 0.2) is 5.78 Å². The summed E-state index contributed by atoms with van der Waals surface area (Å²) in [6, 6.07) is 8.96. The van der Waals surface area contributed by atoms with E-state index in [0.717, 1.165) is 19.4 Å². The Kier molecular flexibility index (Phi) is 4.95. The molecule has 0 radical (unpaired) electrons. The van der Waals surface area contributed by atoms with Crippen molar-refractivity contribution in [1.29, 1.82) is 5.26 Å². The molecule has 0 spiro atoms. The molecular formula is C15H16ClNO2. The lowest BCUT2D eigenvalue weighted by molar-refractivity contribution is -0.120. The van der Waals surface area contributed by atoms with E-state index < -0.39 is 5.92 Å². The normalized spacial score (nSPS) is 19.9. The van der Waals surface area contributed by atoms with Crippen molar-refractivity contribution >= 4 is 17.4 Å². The molecule has 2 atom stereocenters. The molecule has 0 N–H and O–H groups in total. The molecule has 1 aromatic rings. The highest BCUT2D eigenvalue weighted by Crippen LogP contribution is 2.23. The summed E-state index contributed by atoms with van der Waals surface area (Å²) >= 11 is 5.80. The maximum Gasteiger partial charge on any atom is 0.154 e. The van der Waals surface area contributed by atoms with E-state index >= 15 is 0 Å². The zero-order valence-electron chi connectivity index (χ0n) is 10.6. The zero-order chi connectivity index (χ0) is 13.7. The quantitative estimate of drug-likeness (QED) is 0.828. The first-order valence-corrected chi connectivity index (χ1v) is 6.88. The van der Waals surface area contributed by atoms with Crippen LogP contribution in [0.3, 0.4) is 0 Å². The molecule has 0 aliphatic carbocycles. The highest BCUT2D eigenvalue weighted by molar-refractivity contribution is 6.30. The minimum Gasteiger partial charge on any atom is -0.378 e. The summed E-state index contributed by atoms with van der Waals surface area (Å²) in [5.41, 5.74) is 0.712. The van der Waals surface area contributed by atoms with Gasteiger partial charge in [-0.1, -0.05) is 23.7 Å². The number of hydrogen-bond acceptors (Lipinski definition) is 3. The Morgan fingerprint density at radius 1 is 1.47 bits per heavy atom. The van der Waals surface area contributed by atoms with Crippen LogP contribution < -0.4 is 0 Å². The Balaban J connectivity index is 1.95. The molecule has 100 valence electrons.